The summed E-state index contributed by atoms with van der Waals surface area (Å²) >= 11 is 0. The van der Waals surface area contributed by atoms with Crippen LogP contribution in [0.25, 0.3) is 0 Å². The minimum absolute atomic E-state index is 0.0204. The third-order valence-corrected chi connectivity index (χ3v) is 4.65. The molecule has 0 atom stereocenters. The van der Waals surface area contributed by atoms with Crippen molar-refractivity contribution in [3.63, 3.8) is 0 Å². The molecule has 156 valence electrons. The van der Waals surface area contributed by atoms with Crippen LogP contribution in [0.1, 0.15) is 70.9 Å². The summed E-state index contributed by atoms with van der Waals surface area (Å²) in [5, 5.41) is 39.0. The summed E-state index contributed by atoms with van der Waals surface area (Å²) in [6, 6.07) is 4.82. The average molecular weight is 402 g/mol. The van der Waals surface area contributed by atoms with E-state index in [2.05, 4.69) is 6.92 Å². The van der Waals surface area contributed by atoms with Gasteiger partial charge in [-0.25, -0.2) is 9.59 Å². The molecule has 4 N–H and O–H groups in total. The Bertz CT molecular complexity index is 879. The molecule has 0 fully saturated rings. The topological polar surface area (TPSA) is 124 Å². The van der Waals surface area contributed by atoms with E-state index in [9.17, 15) is 30.0 Å². The Morgan fingerprint density at radius 1 is 0.897 bits per heavy atom. The molecule has 2 aromatic rings. The van der Waals surface area contributed by atoms with Crippen molar-refractivity contribution in [2.24, 2.45) is 0 Å². The fourth-order valence-electron chi connectivity index (χ4n) is 3.25. The van der Waals surface area contributed by atoms with Crippen LogP contribution in [-0.2, 0) is 6.42 Å². The Balaban J connectivity index is 2.27. The Morgan fingerprint density at radius 2 is 1.55 bits per heavy atom. The van der Waals surface area contributed by atoms with Gasteiger partial charge in [-0.2, -0.15) is 0 Å². The first-order valence-electron chi connectivity index (χ1n) is 9.58. The van der Waals surface area contributed by atoms with Gasteiger partial charge in [-0.1, -0.05) is 32.6 Å². The molecule has 0 saturated carbocycles. The van der Waals surface area contributed by atoms with Crippen LogP contribution in [0.15, 0.2) is 24.3 Å². The van der Waals surface area contributed by atoms with E-state index in [1.165, 1.54) is 19.1 Å². The van der Waals surface area contributed by atoms with E-state index < -0.39 is 23.4 Å². The third-order valence-electron chi connectivity index (χ3n) is 4.65. The second-order valence-corrected chi connectivity index (χ2v) is 6.99. The molecule has 0 unspecified atom stereocenters. The monoisotopic (exact) mass is 402 g/mol. The van der Waals surface area contributed by atoms with Crippen LogP contribution in [0.5, 0.6) is 23.0 Å². The number of ether oxygens (including phenoxy) is 1. The van der Waals surface area contributed by atoms with Crippen LogP contribution in [0.4, 0.5) is 0 Å². The van der Waals surface area contributed by atoms with E-state index in [1.54, 1.807) is 0 Å². The molecule has 0 aliphatic rings. The summed E-state index contributed by atoms with van der Waals surface area (Å²) in [6.07, 6.45) is 5.33. The number of carboxylic acid groups (broad SMARTS) is 1. The van der Waals surface area contributed by atoms with Crippen molar-refractivity contribution in [1.82, 2.24) is 0 Å². The number of benzene rings is 2. The SMILES string of the molecule is CCCCCCCc1cc(OC(=O)c2c(C)cc(O)cc2O)cc(O)c1C(=O)O. The molecule has 0 aliphatic carbocycles. The fourth-order valence-corrected chi connectivity index (χ4v) is 3.25. The number of carbonyl (C=O) groups excluding carboxylic acids is 1. The van der Waals surface area contributed by atoms with Gasteiger partial charge in [0, 0.05) is 12.1 Å². The van der Waals surface area contributed by atoms with Crippen LogP contribution in [0.2, 0.25) is 0 Å². The highest BCUT2D eigenvalue weighted by Crippen LogP contribution is 2.32. The van der Waals surface area contributed by atoms with Gasteiger partial charge in [-0.15, -0.1) is 0 Å². The van der Waals surface area contributed by atoms with Gasteiger partial charge in [0.1, 0.15) is 34.1 Å². The Hall–Kier alpha value is -3.22. The maximum absolute atomic E-state index is 12.5. The molecule has 7 nitrogen and oxygen atoms in total. The predicted molar refractivity (Wildman–Crippen MR) is 107 cm³/mol. The first kappa shape index (κ1) is 22.1. The molecule has 0 aliphatic heterocycles. The highest BCUT2D eigenvalue weighted by molar-refractivity contribution is 5.96. The van der Waals surface area contributed by atoms with E-state index in [0.29, 0.717) is 17.5 Å². The van der Waals surface area contributed by atoms with Crippen LogP contribution >= 0.6 is 0 Å². The van der Waals surface area contributed by atoms with Gasteiger partial charge >= 0.3 is 11.9 Å². The number of aromatic hydroxyl groups is 3. The number of aromatic carboxylic acids is 1. The molecule has 0 radical (unpaired) electrons. The van der Waals surface area contributed by atoms with Gasteiger partial charge in [-0.05, 0) is 43.0 Å². The highest BCUT2D eigenvalue weighted by atomic mass is 16.5. The van der Waals surface area contributed by atoms with Gasteiger partial charge in [0.2, 0.25) is 0 Å². The molecular weight excluding hydrogens is 376 g/mol. The predicted octanol–water partition coefficient (Wildman–Crippen LogP) is 4.54. The molecule has 29 heavy (non-hydrogen) atoms. The van der Waals surface area contributed by atoms with Gasteiger partial charge in [0.15, 0.2) is 0 Å². The summed E-state index contributed by atoms with van der Waals surface area (Å²) in [7, 11) is 0. The maximum Gasteiger partial charge on any atom is 0.347 e. The van der Waals surface area contributed by atoms with Gasteiger partial charge in [-0.3, -0.25) is 0 Å². The first-order valence-corrected chi connectivity index (χ1v) is 9.58. The van der Waals surface area contributed by atoms with Crippen LogP contribution in [0.3, 0.4) is 0 Å². The second-order valence-electron chi connectivity index (χ2n) is 6.99. The zero-order chi connectivity index (χ0) is 21.6. The summed E-state index contributed by atoms with van der Waals surface area (Å²) in [5.41, 5.74) is 0.369. The molecule has 2 rings (SSSR count). The van der Waals surface area contributed by atoms with Crippen molar-refractivity contribution in [3.8, 4) is 23.0 Å². The number of hydrogen-bond donors (Lipinski definition) is 4. The zero-order valence-corrected chi connectivity index (χ0v) is 16.6. The fraction of sp³-hybridized carbons (Fsp3) is 0.364. The largest absolute Gasteiger partial charge is 0.508 e. The Labute approximate surface area is 169 Å². The molecule has 2 aromatic carbocycles. The molecule has 0 bridgehead atoms. The van der Waals surface area contributed by atoms with Gasteiger partial charge in [0.25, 0.3) is 0 Å². The summed E-state index contributed by atoms with van der Waals surface area (Å²) < 4.78 is 5.27. The Morgan fingerprint density at radius 3 is 2.17 bits per heavy atom. The molecule has 7 heteroatoms. The molecule has 0 saturated heterocycles. The van der Waals surface area contributed by atoms with E-state index in [0.717, 1.165) is 44.2 Å². The number of phenols is 3. The second kappa shape index (κ2) is 9.82. The number of carbonyl (C=O) groups is 2. The van der Waals surface area contributed by atoms with Crippen molar-refractivity contribution in [2.45, 2.75) is 52.4 Å². The van der Waals surface area contributed by atoms with Gasteiger partial charge in [0.05, 0.1) is 0 Å². The molecule has 0 amide bonds. The lowest BCUT2D eigenvalue weighted by molar-refractivity contribution is 0.0692. The minimum Gasteiger partial charge on any atom is -0.508 e. The molecule has 0 aromatic heterocycles. The Kier molecular flexibility index (Phi) is 7.47. The number of unbranched alkanes of at least 4 members (excludes halogenated alkanes) is 4. The number of carboxylic acids is 1. The van der Waals surface area contributed by atoms with Gasteiger partial charge < -0.3 is 25.2 Å². The standard InChI is InChI=1S/C22H26O7/c1-3-4-5-6-7-8-14-10-16(12-18(25)20(14)21(26)27)29-22(28)19-13(2)9-15(23)11-17(19)24/h9-12,23-25H,3-8H2,1-2H3,(H,26,27). The number of hydrogen-bond acceptors (Lipinski definition) is 6. The van der Waals surface area contributed by atoms with Crippen molar-refractivity contribution < 1.29 is 34.8 Å². The van der Waals surface area contributed by atoms with Crippen LogP contribution in [0, 0.1) is 6.92 Å². The lowest BCUT2D eigenvalue weighted by Gasteiger charge is -2.13. The summed E-state index contributed by atoms with van der Waals surface area (Å²) in [4.78, 5) is 24.0. The number of phenolic OH excluding ortho intramolecular Hbond substituents is 2. The summed E-state index contributed by atoms with van der Waals surface area (Å²) in [5.74, 6) is -3.27. The molecule has 0 spiro atoms. The van der Waals surface area contributed by atoms with Crippen LogP contribution in [-0.4, -0.2) is 32.4 Å². The minimum atomic E-state index is -1.25. The van der Waals surface area contributed by atoms with E-state index in [4.69, 9.17) is 4.74 Å². The van der Waals surface area contributed by atoms with E-state index in [-0.39, 0.29) is 22.6 Å². The van der Waals surface area contributed by atoms with Crippen molar-refractivity contribution in [1.29, 1.82) is 0 Å². The zero-order valence-electron chi connectivity index (χ0n) is 16.6. The van der Waals surface area contributed by atoms with Crippen molar-refractivity contribution in [2.75, 3.05) is 0 Å². The quantitative estimate of drug-likeness (QED) is 0.276. The first-order chi connectivity index (χ1) is 13.7. The number of aryl methyl sites for hydroxylation is 2. The molecule has 0 heterocycles. The molecular formula is C22H26O7. The van der Waals surface area contributed by atoms with Crippen molar-refractivity contribution >= 4 is 11.9 Å². The normalized spacial score (nSPS) is 10.7. The third kappa shape index (κ3) is 5.63. The lowest BCUT2D eigenvalue weighted by Crippen LogP contribution is -2.12. The maximum atomic E-state index is 12.5. The smallest absolute Gasteiger partial charge is 0.347 e. The van der Waals surface area contributed by atoms with E-state index in [1.807, 2.05) is 0 Å². The number of esters is 1. The summed E-state index contributed by atoms with van der Waals surface area (Å²) in [6.45, 7) is 3.63. The number of rotatable bonds is 9. The van der Waals surface area contributed by atoms with E-state index >= 15 is 0 Å². The van der Waals surface area contributed by atoms with Crippen LogP contribution < -0.4 is 4.74 Å². The lowest BCUT2D eigenvalue weighted by atomic mass is 9.99. The van der Waals surface area contributed by atoms with Crippen molar-refractivity contribution in [3.05, 3.63) is 46.5 Å². The average Bonchev–Trinajstić information content (AvgIpc) is 2.59. The highest BCUT2D eigenvalue weighted by Gasteiger charge is 2.21.